The number of nitrogens with zero attached hydrogens (tertiary/aromatic N) is 1. The highest BCUT2D eigenvalue weighted by Gasteiger charge is 2.19. The molecule has 4 heteroatoms. The molecule has 0 radical (unpaired) electrons. The molecule has 1 aliphatic heterocycles. The Labute approximate surface area is 140 Å². The predicted octanol–water partition coefficient (Wildman–Crippen LogP) is 2.75. The van der Waals surface area contributed by atoms with Crippen LogP contribution in [0, 0.1) is 0 Å². The average Bonchev–Trinajstić information content (AvgIpc) is 2.54. The molecule has 1 aromatic rings. The van der Waals surface area contributed by atoms with Crippen molar-refractivity contribution in [1.82, 2.24) is 10.2 Å². The maximum absolute atomic E-state index is 12.2. The van der Waals surface area contributed by atoms with Gasteiger partial charge < -0.3 is 15.0 Å². The Morgan fingerprint density at radius 2 is 1.96 bits per heavy atom. The maximum Gasteiger partial charge on any atom is 0.222 e. The molecule has 1 amide bonds. The van der Waals surface area contributed by atoms with Crippen LogP contribution in [0.25, 0.3) is 0 Å². The molecule has 0 saturated carbocycles. The maximum atomic E-state index is 12.2. The molecule has 0 atom stereocenters. The zero-order valence-corrected chi connectivity index (χ0v) is 14.9. The minimum atomic E-state index is 0.0535. The van der Waals surface area contributed by atoms with Crippen molar-refractivity contribution in [3.8, 4) is 5.75 Å². The summed E-state index contributed by atoms with van der Waals surface area (Å²) in [5, 5.41) is 3.28. The number of aryl methyl sites for hydroxylation is 1. The molecule has 1 fully saturated rings. The molecule has 0 aromatic heterocycles. The van der Waals surface area contributed by atoms with Gasteiger partial charge in [0.05, 0.1) is 7.11 Å². The van der Waals surface area contributed by atoms with E-state index in [9.17, 15) is 4.79 Å². The fourth-order valence-corrected chi connectivity index (χ4v) is 3.01. The topological polar surface area (TPSA) is 41.6 Å². The second-order valence-corrected chi connectivity index (χ2v) is 7.27. The van der Waals surface area contributed by atoms with Crippen LogP contribution in [0.3, 0.4) is 0 Å². The highest BCUT2D eigenvalue weighted by Crippen LogP contribution is 2.32. The Morgan fingerprint density at radius 3 is 2.57 bits per heavy atom. The van der Waals surface area contributed by atoms with E-state index >= 15 is 0 Å². The Morgan fingerprint density at radius 1 is 1.26 bits per heavy atom. The first-order valence-corrected chi connectivity index (χ1v) is 8.57. The van der Waals surface area contributed by atoms with Gasteiger partial charge in [0.1, 0.15) is 5.75 Å². The van der Waals surface area contributed by atoms with Crippen LogP contribution < -0.4 is 10.1 Å². The molecule has 128 valence electrons. The number of piperazine rings is 1. The standard InChI is InChI=1S/C19H30N2O2/c1-19(2,3)16-14-15(8-9-17(16)23-4)6-5-7-18(22)21-12-10-20-11-13-21/h8-9,14,20H,5-7,10-13H2,1-4H3. The van der Waals surface area contributed by atoms with Crippen LogP contribution in [-0.4, -0.2) is 44.1 Å². The first-order chi connectivity index (χ1) is 10.9. The summed E-state index contributed by atoms with van der Waals surface area (Å²) in [5.74, 6) is 1.23. The molecule has 1 N–H and O–H groups in total. The minimum Gasteiger partial charge on any atom is -0.496 e. The fourth-order valence-electron chi connectivity index (χ4n) is 3.01. The van der Waals surface area contributed by atoms with Crippen molar-refractivity contribution in [2.45, 2.75) is 45.4 Å². The molecule has 4 nitrogen and oxygen atoms in total. The third-order valence-electron chi connectivity index (χ3n) is 4.40. The highest BCUT2D eigenvalue weighted by molar-refractivity contribution is 5.76. The lowest BCUT2D eigenvalue weighted by atomic mass is 9.85. The van der Waals surface area contributed by atoms with E-state index in [4.69, 9.17) is 4.74 Å². The van der Waals surface area contributed by atoms with Crippen LogP contribution in [0.4, 0.5) is 0 Å². The predicted molar refractivity (Wildman–Crippen MR) is 94.1 cm³/mol. The first kappa shape index (κ1) is 17.8. The second kappa shape index (κ2) is 7.82. The number of nitrogens with one attached hydrogen (secondary N) is 1. The number of hydrogen-bond donors (Lipinski definition) is 1. The van der Waals surface area contributed by atoms with Gasteiger partial charge in [0, 0.05) is 32.6 Å². The molecule has 1 heterocycles. The Balaban J connectivity index is 1.91. The zero-order chi connectivity index (χ0) is 16.9. The summed E-state index contributed by atoms with van der Waals surface area (Å²) in [4.78, 5) is 14.2. The van der Waals surface area contributed by atoms with Gasteiger partial charge in [-0.3, -0.25) is 4.79 Å². The summed E-state index contributed by atoms with van der Waals surface area (Å²) < 4.78 is 5.48. The molecule has 2 rings (SSSR count). The zero-order valence-electron chi connectivity index (χ0n) is 14.9. The third kappa shape index (κ3) is 4.96. The number of ether oxygens (including phenoxy) is 1. The smallest absolute Gasteiger partial charge is 0.222 e. The van der Waals surface area contributed by atoms with Gasteiger partial charge >= 0.3 is 0 Å². The van der Waals surface area contributed by atoms with E-state index in [2.05, 4.69) is 38.2 Å². The number of rotatable bonds is 5. The van der Waals surface area contributed by atoms with Crippen LogP contribution in [0.5, 0.6) is 5.75 Å². The number of hydrogen-bond acceptors (Lipinski definition) is 3. The number of amides is 1. The SMILES string of the molecule is COc1ccc(CCCC(=O)N2CCNCC2)cc1C(C)(C)C. The molecule has 0 bridgehead atoms. The lowest BCUT2D eigenvalue weighted by molar-refractivity contribution is -0.131. The van der Waals surface area contributed by atoms with Crippen molar-refractivity contribution in [2.24, 2.45) is 0 Å². The molecule has 0 spiro atoms. The highest BCUT2D eigenvalue weighted by atomic mass is 16.5. The fraction of sp³-hybridized carbons (Fsp3) is 0.632. The molecule has 0 unspecified atom stereocenters. The molecular weight excluding hydrogens is 288 g/mol. The van der Waals surface area contributed by atoms with Crippen LogP contribution in [-0.2, 0) is 16.6 Å². The van der Waals surface area contributed by atoms with Crippen molar-refractivity contribution < 1.29 is 9.53 Å². The summed E-state index contributed by atoms with van der Waals surface area (Å²) in [5.41, 5.74) is 2.56. The van der Waals surface area contributed by atoms with E-state index in [1.807, 2.05) is 11.0 Å². The second-order valence-electron chi connectivity index (χ2n) is 7.27. The average molecular weight is 318 g/mol. The molecule has 1 aromatic carbocycles. The van der Waals surface area contributed by atoms with Gasteiger partial charge in [-0.05, 0) is 35.4 Å². The van der Waals surface area contributed by atoms with Crippen molar-refractivity contribution >= 4 is 5.91 Å². The molecule has 1 saturated heterocycles. The molecular formula is C19H30N2O2. The van der Waals surface area contributed by atoms with Gasteiger partial charge in [-0.2, -0.15) is 0 Å². The monoisotopic (exact) mass is 318 g/mol. The molecule has 0 aliphatic carbocycles. The van der Waals surface area contributed by atoms with Crippen molar-refractivity contribution in [3.05, 3.63) is 29.3 Å². The summed E-state index contributed by atoms with van der Waals surface area (Å²) in [6.07, 6.45) is 2.47. The van der Waals surface area contributed by atoms with Crippen molar-refractivity contribution in [2.75, 3.05) is 33.3 Å². The summed E-state index contributed by atoms with van der Waals surface area (Å²) >= 11 is 0. The lowest BCUT2D eigenvalue weighted by Gasteiger charge is -2.27. The van der Waals surface area contributed by atoms with Crippen LogP contribution in [0.2, 0.25) is 0 Å². The van der Waals surface area contributed by atoms with Gasteiger partial charge in [0.15, 0.2) is 0 Å². The Bertz CT molecular complexity index is 529. The van der Waals surface area contributed by atoms with E-state index in [1.165, 1.54) is 11.1 Å². The van der Waals surface area contributed by atoms with E-state index in [1.54, 1.807) is 7.11 Å². The Kier molecular flexibility index (Phi) is 6.05. The van der Waals surface area contributed by atoms with E-state index in [0.29, 0.717) is 6.42 Å². The van der Waals surface area contributed by atoms with Crippen LogP contribution >= 0.6 is 0 Å². The van der Waals surface area contributed by atoms with Crippen LogP contribution in [0.15, 0.2) is 18.2 Å². The van der Waals surface area contributed by atoms with E-state index < -0.39 is 0 Å². The van der Waals surface area contributed by atoms with Gasteiger partial charge in [-0.1, -0.05) is 32.9 Å². The minimum absolute atomic E-state index is 0.0535. The number of carbonyl (C=O) groups is 1. The number of methoxy groups -OCH3 is 1. The largest absolute Gasteiger partial charge is 0.496 e. The van der Waals surface area contributed by atoms with Crippen molar-refractivity contribution in [1.29, 1.82) is 0 Å². The van der Waals surface area contributed by atoms with E-state index in [-0.39, 0.29) is 11.3 Å². The summed E-state index contributed by atoms with van der Waals surface area (Å²) in [7, 11) is 1.72. The Hall–Kier alpha value is -1.55. The van der Waals surface area contributed by atoms with Gasteiger partial charge in [-0.25, -0.2) is 0 Å². The van der Waals surface area contributed by atoms with E-state index in [0.717, 1.165) is 44.8 Å². The summed E-state index contributed by atoms with van der Waals surface area (Å²) in [6.45, 7) is 10.1. The third-order valence-corrected chi connectivity index (χ3v) is 4.40. The quantitative estimate of drug-likeness (QED) is 0.907. The van der Waals surface area contributed by atoms with Gasteiger partial charge in [-0.15, -0.1) is 0 Å². The van der Waals surface area contributed by atoms with Crippen LogP contribution in [0.1, 0.15) is 44.7 Å². The number of carbonyl (C=O) groups excluding carboxylic acids is 1. The van der Waals surface area contributed by atoms with Gasteiger partial charge in [0.2, 0.25) is 5.91 Å². The van der Waals surface area contributed by atoms with Crippen molar-refractivity contribution in [3.63, 3.8) is 0 Å². The molecule has 1 aliphatic rings. The normalized spacial score (nSPS) is 15.6. The van der Waals surface area contributed by atoms with Gasteiger partial charge in [0.25, 0.3) is 0 Å². The lowest BCUT2D eigenvalue weighted by Crippen LogP contribution is -2.46. The molecule has 23 heavy (non-hydrogen) atoms. The first-order valence-electron chi connectivity index (χ1n) is 8.57. The summed E-state index contributed by atoms with van der Waals surface area (Å²) in [6, 6.07) is 6.39. The number of benzene rings is 1.